The normalized spacial score (nSPS) is 14.5. The van der Waals surface area contributed by atoms with Crippen LogP contribution in [0.5, 0.6) is 0 Å². The number of aliphatic hydroxyl groups excluding tert-OH is 1. The third-order valence-corrected chi connectivity index (χ3v) is 19.5. The molecule has 3 N–H and O–H groups in total. The summed E-state index contributed by atoms with van der Waals surface area (Å²) in [5, 5.41) is 10.7. The van der Waals surface area contributed by atoms with Crippen LogP contribution in [0.2, 0.25) is 0 Å². The van der Waals surface area contributed by atoms with Gasteiger partial charge in [-0.15, -0.1) is 0 Å². The van der Waals surface area contributed by atoms with Crippen LogP contribution < -0.4 is 0 Å². The number of allylic oxidation sites excluding steroid dienone is 22. The Bertz CT molecular complexity index is 2560. The first-order chi connectivity index (χ1) is 52.7. The van der Waals surface area contributed by atoms with Crippen LogP contribution in [0.1, 0.15) is 349 Å². The van der Waals surface area contributed by atoms with E-state index in [9.17, 15) is 43.2 Å². The molecular weight excluding hydrogens is 1400 g/mol. The predicted octanol–water partition coefficient (Wildman–Crippen LogP) is 25.2. The lowest BCUT2D eigenvalue weighted by Crippen LogP contribution is -2.30. The molecule has 19 heteroatoms. The van der Waals surface area contributed by atoms with Gasteiger partial charge in [-0.05, 0) is 128 Å². The van der Waals surface area contributed by atoms with Crippen LogP contribution in [0.3, 0.4) is 0 Å². The smallest absolute Gasteiger partial charge is 0.462 e. The van der Waals surface area contributed by atoms with Gasteiger partial charge in [-0.1, -0.05) is 328 Å². The second-order valence-corrected chi connectivity index (χ2v) is 31.0. The van der Waals surface area contributed by atoms with E-state index in [0.717, 1.165) is 116 Å². The van der Waals surface area contributed by atoms with Gasteiger partial charge in [-0.2, -0.15) is 0 Å². The van der Waals surface area contributed by atoms with E-state index in [4.69, 9.17) is 37.0 Å². The van der Waals surface area contributed by atoms with Gasteiger partial charge in [0.15, 0.2) is 12.2 Å². The molecule has 0 saturated heterocycles. The minimum absolute atomic E-state index is 0.0196. The van der Waals surface area contributed by atoms with E-state index in [1.165, 1.54) is 141 Å². The number of phosphoric acid groups is 2. The van der Waals surface area contributed by atoms with Crippen molar-refractivity contribution in [1.82, 2.24) is 0 Å². The number of rotatable bonds is 79. The second-order valence-electron chi connectivity index (χ2n) is 28.1. The Kier molecular flexibility index (Phi) is 76.7. The highest BCUT2D eigenvalue weighted by atomic mass is 31.2. The lowest BCUT2D eigenvalue weighted by atomic mass is 10.0. The van der Waals surface area contributed by atoms with Crippen molar-refractivity contribution >= 4 is 39.5 Å². The minimum atomic E-state index is -5.02. The standard InChI is InChI=1S/C89H152O17P2/c1-5-9-13-17-21-25-29-33-37-39-41-43-47-50-54-58-62-66-70-74-87(92)100-80-85(106-89(94)76-72-68-64-60-56-52-48-44-42-40-38-34-30-26-22-18-14-10-6-2)82-104-108(97,98)102-78-83(90)77-101-107(95,96)103-81-84(105-88(93)75-71-67-63-59-55-51-46-36-32-28-24-20-16-12-8-4)79-99-86(91)73-69-65-61-57-53-49-45-35-31-27-23-19-15-11-7-3/h21-22,25-26,33-35,37-38,41-45,50,52,54,56,62,64,66,68,83-85,90H,5-20,23-24,27-32,36,39-40,46-49,51,53,55,57-61,63,65,67,69-82H2,1-4H3,(H,95,96)(H,97,98)/b25-21-,26-22-,37-33-,38-34-,43-41-,44-42-,45-35-,54-50-,56-52-,66-62-,68-64-/t83-,84+,85+/m0/s1. The van der Waals surface area contributed by atoms with Crippen molar-refractivity contribution in [2.45, 2.75) is 367 Å². The maximum atomic E-state index is 13.1. The van der Waals surface area contributed by atoms with Gasteiger partial charge in [-0.3, -0.25) is 37.3 Å². The largest absolute Gasteiger partial charge is 0.472 e. The Labute approximate surface area is 656 Å². The molecule has 0 aliphatic rings. The SMILES string of the molecule is CCCCC/C=C\C/C=C\C/C=C\C/C=C\C/C=C\CCC(=O)OC[C@H](COP(=O)(O)OC[C@@H](O)COP(=O)(O)OC[C@@H](COC(=O)CCCCCCC/C=C\CCCCCCCC)OC(=O)CCCCCCCCCCCCCCCCC)OC(=O)CC/C=C\C/C=C\C/C=C\C/C=C\C/C=C\CCCCC. The molecule has 0 aliphatic carbocycles. The highest BCUT2D eigenvalue weighted by Gasteiger charge is 2.30. The van der Waals surface area contributed by atoms with Crippen LogP contribution in [0.25, 0.3) is 0 Å². The summed E-state index contributed by atoms with van der Waals surface area (Å²) in [7, 11) is -10.0. The van der Waals surface area contributed by atoms with Gasteiger partial charge in [0, 0.05) is 25.7 Å². The summed E-state index contributed by atoms with van der Waals surface area (Å²) in [6.07, 6.45) is 91.6. The Morgan fingerprint density at radius 1 is 0.259 bits per heavy atom. The van der Waals surface area contributed by atoms with Crippen molar-refractivity contribution in [1.29, 1.82) is 0 Å². The maximum absolute atomic E-state index is 13.1. The fraction of sp³-hybridized carbons (Fsp3) is 0.708. The Morgan fingerprint density at radius 3 is 0.796 bits per heavy atom. The number of unbranched alkanes of at least 4 members (excludes halogenated alkanes) is 31. The highest BCUT2D eigenvalue weighted by Crippen LogP contribution is 2.45. The molecule has 5 atom stereocenters. The van der Waals surface area contributed by atoms with Gasteiger partial charge < -0.3 is 33.8 Å². The number of hydrogen-bond donors (Lipinski definition) is 3. The molecule has 0 fully saturated rings. The fourth-order valence-electron chi connectivity index (χ4n) is 11.1. The quantitative estimate of drug-likeness (QED) is 0.0169. The molecule has 0 bridgehead atoms. The molecule has 2 unspecified atom stereocenters. The van der Waals surface area contributed by atoms with Crippen LogP contribution >= 0.6 is 15.6 Å². The number of phosphoric ester groups is 2. The summed E-state index contributed by atoms with van der Waals surface area (Å²) < 4.78 is 68.6. The molecule has 0 saturated carbocycles. The van der Waals surface area contributed by atoms with Gasteiger partial charge in [0.1, 0.15) is 19.3 Å². The van der Waals surface area contributed by atoms with Crippen molar-refractivity contribution in [2.75, 3.05) is 39.6 Å². The Morgan fingerprint density at radius 2 is 0.472 bits per heavy atom. The van der Waals surface area contributed by atoms with Crippen molar-refractivity contribution < 1.29 is 80.2 Å². The molecule has 620 valence electrons. The summed E-state index contributed by atoms with van der Waals surface area (Å²) in [6, 6.07) is 0. The van der Waals surface area contributed by atoms with Gasteiger partial charge in [-0.25, -0.2) is 9.13 Å². The summed E-state index contributed by atoms with van der Waals surface area (Å²) >= 11 is 0. The molecule has 0 aromatic heterocycles. The first-order valence-electron chi connectivity index (χ1n) is 42.4. The zero-order valence-corrected chi connectivity index (χ0v) is 69.8. The molecule has 0 rings (SSSR count). The lowest BCUT2D eigenvalue weighted by Gasteiger charge is -2.21. The molecular formula is C89H152O17P2. The second kappa shape index (κ2) is 80.3. The number of aliphatic hydroxyl groups is 1. The minimum Gasteiger partial charge on any atom is -0.462 e. The van der Waals surface area contributed by atoms with Crippen molar-refractivity contribution in [3.8, 4) is 0 Å². The maximum Gasteiger partial charge on any atom is 0.472 e. The molecule has 17 nitrogen and oxygen atoms in total. The van der Waals surface area contributed by atoms with Crippen molar-refractivity contribution in [3.05, 3.63) is 134 Å². The van der Waals surface area contributed by atoms with Crippen molar-refractivity contribution in [2.24, 2.45) is 0 Å². The van der Waals surface area contributed by atoms with E-state index in [-0.39, 0.29) is 25.7 Å². The Balaban J connectivity index is 5.51. The monoisotopic (exact) mass is 1560 g/mol. The Hall–Kier alpha value is -4.80. The average Bonchev–Trinajstić information content (AvgIpc) is 0.896. The molecule has 0 amide bonds. The first kappa shape index (κ1) is 103. The van der Waals surface area contributed by atoms with E-state index in [1.54, 1.807) is 0 Å². The topological polar surface area (TPSA) is 237 Å². The lowest BCUT2D eigenvalue weighted by molar-refractivity contribution is -0.161. The van der Waals surface area contributed by atoms with Gasteiger partial charge in [0.2, 0.25) is 0 Å². The summed E-state index contributed by atoms with van der Waals surface area (Å²) in [6.45, 7) is 4.68. The summed E-state index contributed by atoms with van der Waals surface area (Å²) in [5.74, 6) is -2.37. The predicted molar refractivity (Wildman–Crippen MR) is 445 cm³/mol. The van der Waals surface area contributed by atoms with Gasteiger partial charge in [0.05, 0.1) is 26.4 Å². The number of carbonyl (C=O) groups excluding carboxylic acids is 4. The summed E-state index contributed by atoms with van der Waals surface area (Å²) in [4.78, 5) is 73.1. The molecule has 0 radical (unpaired) electrons. The van der Waals surface area contributed by atoms with Crippen LogP contribution in [-0.2, 0) is 65.4 Å². The van der Waals surface area contributed by atoms with E-state index in [1.807, 2.05) is 36.5 Å². The zero-order valence-electron chi connectivity index (χ0n) is 68.0. The average molecular weight is 1560 g/mol. The molecule has 0 heterocycles. The molecule has 0 spiro atoms. The van der Waals surface area contributed by atoms with E-state index >= 15 is 0 Å². The molecule has 0 aliphatic heterocycles. The van der Waals surface area contributed by atoms with E-state index in [0.29, 0.717) is 38.5 Å². The molecule has 0 aromatic carbocycles. The number of carbonyl (C=O) groups is 4. The van der Waals surface area contributed by atoms with Crippen LogP contribution in [0.4, 0.5) is 0 Å². The van der Waals surface area contributed by atoms with Crippen LogP contribution in [0.15, 0.2) is 134 Å². The number of hydrogen-bond acceptors (Lipinski definition) is 15. The van der Waals surface area contributed by atoms with Gasteiger partial charge in [0.25, 0.3) is 0 Å². The van der Waals surface area contributed by atoms with Crippen LogP contribution in [0, 0.1) is 0 Å². The fourth-order valence-corrected chi connectivity index (χ4v) is 12.7. The zero-order chi connectivity index (χ0) is 78.9. The van der Waals surface area contributed by atoms with Crippen LogP contribution in [-0.4, -0.2) is 96.7 Å². The van der Waals surface area contributed by atoms with E-state index in [2.05, 4.69) is 125 Å². The third kappa shape index (κ3) is 79.3. The first-order valence-corrected chi connectivity index (χ1v) is 45.4. The third-order valence-electron chi connectivity index (χ3n) is 17.6. The van der Waals surface area contributed by atoms with Gasteiger partial charge >= 0.3 is 39.5 Å². The number of esters is 4. The number of ether oxygens (including phenoxy) is 4. The molecule has 0 aromatic rings. The highest BCUT2D eigenvalue weighted by molar-refractivity contribution is 7.47. The van der Waals surface area contributed by atoms with Crippen molar-refractivity contribution in [3.63, 3.8) is 0 Å². The molecule has 108 heavy (non-hydrogen) atoms. The van der Waals surface area contributed by atoms with E-state index < -0.39 is 97.5 Å². The summed E-state index contributed by atoms with van der Waals surface area (Å²) in [5.41, 5.74) is 0.